The van der Waals surface area contributed by atoms with Crippen molar-refractivity contribution in [2.24, 2.45) is 0 Å². The SMILES string of the molecule is CC(C)(O)[C@H]1O[C@@H](n2cc(F)c(N)nc2=O)[C@H](O)[C@@H]1O. The van der Waals surface area contributed by atoms with Crippen LogP contribution in [0.5, 0.6) is 0 Å². The smallest absolute Gasteiger partial charge is 0.351 e. The number of hydrogen-bond acceptors (Lipinski definition) is 7. The Morgan fingerprint density at radius 2 is 2.05 bits per heavy atom. The molecule has 0 spiro atoms. The zero-order chi connectivity index (χ0) is 15.2. The predicted molar refractivity (Wildman–Crippen MR) is 65.1 cm³/mol. The van der Waals surface area contributed by atoms with E-state index in [0.29, 0.717) is 4.57 Å². The van der Waals surface area contributed by atoms with E-state index in [1.54, 1.807) is 0 Å². The molecule has 20 heavy (non-hydrogen) atoms. The van der Waals surface area contributed by atoms with Crippen LogP contribution in [0.15, 0.2) is 11.0 Å². The summed E-state index contributed by atoms with van der Waals surface area (Å²) >= 11 is 0. The highest BCUT2D eigenvalue weighted by atomic mass is 19.1. The first-order chi connectivity index (χ1) is 9.12. The summed E-state index contributed by atoms with van der Waals surface area (Å²) in [6.45, 7) is 2.75. The summed E-state index contributed by atoms with van der Waals surface area (Å²) in [4.78, 5) is 14.9. The van der Waals surface area contributed by atoms with Crippen LogP contribution in [-0.2, 0) is 4.74 Å². The molecule has 0 unspecified atom stereocenters. The molecular weight excluding hydrogens is 273 g/mol. The Balaban J connectivity index is 2.40. The second-order valence-corrected chi connectivity index (χ2v) is 5.25. The molecule has 2 heterocycles. The number of rotatable bonds is 2. The van der Waals surface area contributed by atoms with Gasteiger partial charge in [0, 0.05) is 0 Å². The second-order valence-electron chi connectivity index (χ2n) is 5.25. The molecule has 5 N–H and O–H groups in total. The number of ether oxygens (including phenoxy) is 1. The molecule has 1 saturated heterocycles. The van der Waals surface area contributed by atoms with Crippen LogP contribution in [0, 0.1) is 5.82 Å². The third kappa shape index (κ3) is 2.40. The summed E-state index contributed by atoms with van der Waals surface area (Å²) in [7, 11) is 0. The van der Waals surface area contributed by atoms with Crippen LogP contribution < -0.4 is 11.4 Å². The van der Waals surface area contributed by atoms with Crippen LogP contribution in [0.2, 0.25) is 0 Å². The molecule has 1 fully saturated rings. The third-order valence-corrected chi connectivity index (χ3v) is 3.14. The van der Waals surface area contributed by atoms with Gasteiger partial charge in [0.2, 0.25) is 0 Å². The van der Waals surface area contributed by atoms with Gasteiger partial charge in [-0.1, -0.05) is 0 Å². The Morgan fingerprint density at radius 3 is 2.55 bits per heavy atom. The van der Waals surface area contributed by atoms with Crippen LogP contribution in [0.25, 0.3) is 0 Å². The lowest BCUT2D eigenvalue weighted by Crippen LogP contribution is -2.45. The maximum atomic E-state index is 13.4. The maximum Gasteiger partial charge on any atom is 0.351 e. The van der Waals surface area contributed by atoms with E-state index in [0.717, 1.165) is 6.20 Å². The van der Waals surface area contributed by atoms with Crippen molar-refractivity contribution in [1.29, 1.82) is 0 Å². The monoisotopic (exact) mass is 289 g/mol. The van der Waals surface area contributed by atoms with Gasteiger partial charge in [0.1, 0.15) is 18.3 Å². The predicted octanol–water partition coefficient (Wildman–Crippen LogP) is -1.65. The lowest BCUT2D eigenvalue weighted by molar-refractivity contribution is -0.124. The summed E-state index contributed by atoms with van der Waals surface area (Å²) in [5.41, 5.74) is 2.76. The zero-order valence-electron chi connectivity index (χ0n) is 10.9. The average molecular weight is 289 g/mol. The van der Waals surface area contributed by atoms with Crippen molar-refractivity contribution in [2.45, 2.75) is 44.0 Å². The fourth-order valence-corrected chi connectivity index (χ4v) is 2.11. The lowest BCUT2D eigenvalue weighted by atomic mass is 9.96. The van der Waals surface area contributed by atoms with E-state index in [1.807, 2.05) is 0 Å². The van der Waals surface area contributed by atoms with E-state index in [1.165, 1.54) is 13.8 Å². The van der Waals surface area contributed by atoms with Gasteiger partial charge in [-0.05, 0) is 13.8 Å². The molecule has 0 saturated carbocycles. The van der Waals surface area contributed by atoms with Gasteiger partial charge in [0.05, 0.1) is 11.8 Å². The van der Waals surface area contributed by atoms with E-state index < -0.39 is 47.5 Å². The first-order valence-corrected chi connectivity index (χ1v) is 5.91. The summed E-state index contributed by atoms with van der Waals surface area (Å²) in [6, 6.07) is 0. The maximum absolute atomic E-state index is 13.4. The Morgan fingerprint density at radius 1 is 1.45 bits per heavy atom. The van der Waals surface area contributed by atoms with E-state index in [9.17, 15) is 24.5 Å². The van der Waals surface area contributed by atoms with Gasteiger partial charge in [0.25, 0.3) is 0 Å². The van der Waals surface area contributed by atoms with Gasteiger partial charge >= 0.3 is 5.69 Å². The summed E-state index contributed by atoms with van der Waals surface area (Å²) in [5, 5.41) is 29.6. The van der Waals surface area contributed by atoms with Crippen LogP contribution in [0.4, 0.5) is 10.2 Å². The van der Waals surface area contributed by atoms with E-state index in [2.05, 4.69) is 4.98 Å². The van der Waals surface area contributed by atoms with Crippen molar-refractivity contribution < 1.29 is 24.4 Å². The number of aliphatic hydroxyl groups excluding tert-OH is 2. The van der Waals surface area contributed by atoms with Crippen LogP contribution >= 0.6 is 0 Å². The quantitative estimate of drug-likeness (QED) is 0.513. The number of anilines is 1. The fraction of sp³-hybridized carbons (Fsp3) is 0.636. The summed E-state index contributed by atoms with van der Waals surface area (Å²) in [6.07, 6.45) is -4.73. The van der Waals surface area contributed by atoms with E-state index >= 15 is 0 Å². The molecule has 8 nitrogen and oxygen atoms in total. The summed E-state index contributed by atoms with van der Waals surface area (Å²) < 4.78 is 19.3. The number of aromatic nitrogens is 2. The highest BCUT2D eigenvalue weighted by molar-refractivity contribution is 5.26. The third-order valence-electron chi connectivity index (χ3n) is 3.14. The largest absolute Gasteiger partial charge is 0.388 e. The number of hydrogen-bond donors (Lipinski definition) is 4. The highest BCUT2D eigenvalue weighted by Crippen LogP contribution is 2.33. The fourth-order valence-electron chi connectivity index (χ4n) is 2.11. The Bertz CT molecular complexity index is 570. The molecule has 1 aromatic rings. The minimum absolute atomic E-state index is 0.571. The normalized spacial score (nSPS) is 30.7. The Kier molecular flexibility index (Phi) is 3.54. The molecule has 0 aromatic carbocycles. The molecule has 112 valence electrons. The number of halogens is 1. The first-order valence-electron chi connectivity index (χ1n) is 5.91. The lowest BCUT2D eigenvalue weighted by Gasteiger charge is -2.27. The highest BCUT2D eigenvalue weighted by Gasteiger charge is 2.50. The molecule has 0 bridgehead atoms. The van der Waals surface area contributed by atoms with Crippen LogP contribution in [0.1, 0.15) is 20.1 Å². The Hall–Kier alpha value is -1.55. The van der Waals surface area contributed by atoms with Crippen molar-refractivity contribution in [3.63, 3.8) is 0 Å². The first kappa shape index (κ1) is 14.9. The van der Waals surface area contributed by atoms with Crippen molar-refractivity contribution in [1.82, 2.24) is 9.55 Å². The van der Waals surface area contributed by atoms with Gasteiger partial charge in [-0.2, -0.15) is 4.98 Å². The van der Waals surface area contributed by atoms with Gasteiger partial charge in [0.15, 0.2) is 17.9 Å². The van der Waals surface area contributed by atoms with Gasteiger partial charge in [-0.15, -0.1) is 0 Å². The molecule has 1 aliphatic heterocycles. The minimum atomic E-state index is -1.52. The average Bonchev–Trinajstić information content (AvgIpc) is 2.61. The molecule has 9 heteroatoms. The topological polar surface area (TPSA) is 131 Å². The standard InChI is InChI=1S/C11H16FN3O5/c1-11(2,19)7-5(16)6(17)9(20-7)15-3-4(12)8(13)14-10(15)18/h3,5-7,9,16-17,19H,1-2H3,(H2,13,14,18)/t5-,6+,7-,9+/m0/s1. The molecule has 1 aliphatic rings. The summed E-state index contributed by atoms with van der Waals surface area (Å²) in [5.74, 6) is -1.53. The van der Waals surface area contributed by atoms with Crippen molar-refractivity contribution in [2.75, 3.05) is 5.73 Å². The number of nitrogens with zero attached hydrogens (tertiary/aromatic N) is 2. The molecule has 4 atom stereocenters. The van der Waals surface area contributed by atoms with Crippen LogP contribution in [0.3, 0.4) is 0 Å². The van der Waals surface area contributed by atoms with Crippen LogP contribution in [-0.4, -0.2) is 48.8 Å². The molecule has 0 radical (unpaired) electrons. The second kappa shape index (κ2) is 4.77. The van der Waals surface area contributed by atoms with E-state index in [4.69, 9.17) is 10.5 Å². The van der Waals surface area contributed by atoms with Crippen molar-refractivity contribution in [3.8, 4) is 0 Å². The molecular formula is C11H16FN3O5. The van der Waals surface area contributed by atoms with Gasteiger partial charge in [-0.3, -0.25) is 4.57 Å². The van der Waals surface area contributed by atoms with Gasteiger partial charge in [-0.25, -0.2) is 9.18 Å². The number of aliphatic hydroxyl groups is 3. The number of nitrogen functional groups attached to an aromatic ring is 1. The minimum Gasteiger partial charge on any atom is -0.388 e. The number of nitrogens with two attached hydrogens (primary N) is 1. The van der Waals surface area contributed by atoms with Crippen molar-refractivity contribution >= 4 is 5.82 Å². The van der Waals surface area contributed by atoms with E-state index in [-0.39, 0.29) is 0 Å². The van der Waals surface area contributed by atoms with Gasteiger partial charge < -0.3 is 25.8 Å². The van der Waals surface area contributed by atoms with Crippen molar-refractivity contribution in [3.05, 3.63) is 22.5 Å². The zero-order valence-corrected chi connectivity index (χ0v) is 10.9. The molecule has 2 rings (SSSR count). The Labute approximate surface area is 113 Å². The molecule has 0 amide bonds. The molecule has 1 aromatic heterocycles. The molecule has 0 aliphatic carbocycles.